The lowest BCUT2D eigenvalue weighted by Crippen LogP contribution is -2.35. The summed E-state index contributed by atoms with van der Waals surface area (Å²) in [4.78, 5) is 31.0. The summed E-state index contributed by atoms with van der Waals surface area (Å²) >= 11 is 6.21. The Morgan fingerprint density at radius 2 is 1.69 bits per heavy atom. The zero-order chi connectivity index (χ0) is 32.1. The number of benzene rings is 2. The Labute approximate surface area is 267 Å². The summed E-state index contributed by atoms with van der Waals surface area (Å²) in [5.41, 5.74) is 3.53. The van der Waals surface area contributed by atoms with Crippen LogP contribution in [0.3, 0.4) is 0 Å². The smallest absolute Gasteiger partial charge is 0.411 e. The fraction of sp³-hybridized carbons (Fsp3) is 0.500. The number of aryl methyl sites for hydroxylation is 2. The maximum absolute atomic E-state index is 13.5. The highest BCUT2D eigenvalue weighted by Gasteiger charge is 2.42. The lowest BCUT2D eigenvalue weighted by atomic mass is 9.97. The zero-order valence-electron chi connectivity index (χ0n) is 25.9. The number of likely N-dealkylation sites (tertiary alicyclic amines) is 2. The van der Waals surface area contributed by atoms with Gasteiger partial charge in [0.1, 0.15) is 17.0 Å². The maximum atomic E-state index is 13.5. The highest BCUT2D eigenvalue weighted by atomic mass is 35.5. The molecule has 3 fully saturated rings. The molecule has 2 saturated heterocycles. The van der Waals surface area contributed by atoms with Crippen LogP contribution in [0.4, 0.5) is 19.3 Å². The monoisotopic (exact) mass is 642 g/mol. The van der Waals surface area contributed by atoms with Crippen LogP contribution < -0.4 is 4.90 Å². The summed E-state index contributed by atoms with van der Waals surface area (Å²) in [5.74, 6) is -0.975. The average Bonchev–Trinajstić information content (AvgIpc) is 3.70. The van der Waals surface area contributed by atoms with Crippen molar-refractivity contribution in [3.63, 3.8) is 0 Å². The maximum Gasteiger partial charge on any atom is 0.411 e. The van der Waals surface area contributed by atoms with E-state index in [-0.39, 0.29) is 18.7 Å². The first kappa shape index (κ1) is 32.9. The van der Waals surface area contributed by atoms with Gasteiger partial charge in [0.05, 0.1) is 0 Å². The number of fused-ring (bicyclic) bond motifs is 1. The molecule has 242 valence electrons. The van der Waals surface area contributed by atoms with Crippen molar-refractivity contribution in [2.45, 2.75) is 58.3 Å². The first-order chi connectivity index (χ1) is 21.5. The van der Waals surface area contributed by atoms with Crippen LogP contribution in [0.5, 0.6) is 0 Å². The largest absolute Gasteiger partial charge is 0.465 e. The van der Waals surface area contributed by atoms with Gasteiger partial charge in [0, 0.05) is 61.8 Å². The molecule has 0 radical (unpaired) electrons. The molecular formula is C34H41ClF2N4O4. The molecule has 2 atom stereocenters. The summed E-state index contributed by atoms with van der Waals surface area (Å²) in [5, 5.41) is 14.4. The summed E-state index contributed by atoms with van der Waals surface area (Å²) < 4.78 is 29.8. The number of carboxylic acid groups (broad SMARTS) is 1. The zero-order valence-corrected chi connectivity index (χ0v) is 26.6. The summed E-state index contributed by atoms with van der Waals surface area (Å²) in [6.07, 6.45) is 2.40. The molecule has 6 rings (SSSR count). The Morgan fingerprint density at radius 1 is 1.02 bits per heavy atom. The molecule has 0 spiro atoms. The molecule has 1 N–H and O–H groups in total. The van der Waals surface area contributed by atoms with Crippen LogP contribution in [0.15, 0.2) is 53.1 Å². The van der Waals surface area contributed by atoms with Gasteiger partial charge in [0.15, 0.2) is 0 Å². The van der Waals surface area contributed by atoms with Gasteiger partial charge >= 0.3 is 6.09 Å². The van der Waals surface area contributed by atoms with E-state index in [0.717, 1.165) is 43.6 Å². The van der Waals surface area contributed by atoms with Crippen LogP contribution in [-0.2, 0) is 0 Å². The van der Waals surface area contributed by atoms with E-state index in [1.165, 1.54) is 4.90 Å². The third-order valence-corrected chi connectivity index (χ3v) is 9.52. The minimum absolute atomic E-state index is 0.0209. The van der Waals surface area contributed by atoms with E-state index in [9.17, 15) is 23.5 Å². The van der Waals surface area contributed by atoms with Gasteiger partial charge in [-0.05, 0) is 69.2 Å². The molecule has 3 aromatic rings. The van der Waals surface area contributed by atoms with E-state index in [1.807, 2.05) is 48.2 Å². The quantitative estimate of drug-likeness (QED) is 0.283. The van der Waals surface area contributed by atoms with E-state index < -0.39 is 12.0 Å². The first-order valence-corrected chi connectivity index (χ1v) is 16.1. The van der Waals surface area contributed by atoms with E-state index in [2.05, 4.69) is 10.1 Å². The molecule has 1 aromatic heterocycles. The number of aromatic nitrogens is 1. The van der Waals surface area contributed by atoms with Crippen LogP contribution in [0, 0.1) is 25.7 Å². The van der Waals surface area contributed by atoms with Crippen molar-refractivity contribution in [2.75, 3.05) is 44.2 Å². The third kappa shape index (κ3) is 8.02. The van der Waals surface area contributed by atoms with Crippen LogP contribution in [0.25, 0.3) is 11.3 Å². The molecule has 0 bridgehead atoms. The Balaban J connectivity index is 0.000000436. The molecule has 3 heterocycles. The topological polar surface area (TPSA) is 90.1 Å². The second-order valence-corrected chi connectivity index (χ2v) is 12.9. The number of hydrogen-bond acceptors (Lipinski definition) is 5. The van der Waals surface area contributed by atoms with E-state index in [0.29, 0.717) is 72.0 Å². The van der Waals surface area contributed by atoms with E-state index >= 15 is 0 Å². The van der Waals surface area contributed by atoms with Crippen molar-refractivity contribution in [3.05, 3.63) is 70.4 Å². The Kier molecular flexibility index (Phi) is 10.4. The molecular weight excluding hydrogens is 602 g/mol. The number of amides is 2. The standard InChI is InChI=1S/C28H31ClN4O4.C6H10F2/c1-18-9-10-23(13-24(18)29)33(28(35)36)12-6-11-31-14-21-16-32(17-22(21)15-31)27(34)25-19(2)37-30-26(25)20-7-4-3-5-8-20;7-6(8)4-2-1-3-5-6/h3-5,7-10,13,21-22H,6,11-12,14-17H2,1-2H3,(H,35,36);1-5H2. The lowest BCUT2D eigenvalue weighted by molar-refractivity contribution is -0.0337. The highest BCUT2D eigenvalue weighted by Crippen LogP contribution is 2.35. The number of alkyl halides is 2. The number of anilines is 1. The number of halogens is 3. The second-order valence-electron chi connectivity index (χ2n) is 12.5. The number of hydrogen-bond donors (Lipinski definition) is 1. The minimum atomic E-state index is -2.32. The molecule has 2 aromatic carbocycles. The fourth-order valence-electron chi connectivity index (χ4n) is 6.62. The number of carbonyl (C=O) groups excluding carboxylic acids is 1. The molecule has 2 amide bonds. The normalized spacial score (nSPS) is 20.8. The van der Waals surface area contributed by atoms with Gasteiger partial charge in [-0.2, -0.15) is 0 Å². The molecule has 3 aliphatic rings. The van der Waals surface area contributed by atoms with Crippen LogP contribution in [0.1, 0.15) is 60.2 Å². The Hall–Kier alpha value is -3.50. The minimum Gasteiger partial charge on any atom is -0.465 e. The number of carbonyl (C=O) groups is 2. The van der Waals surface area contributed by atoms with Crippen molar-refractivity contribution < 1.29 is 28.0 Å². The van der Waals surface area contributed by atoms with Gasteiger partial charge in [-0.3, -0.25) is 9.69 Å². The highest BCUT2D eigenvalue weighted by molar-refractivity contribution is 6.31. The molecule has 8 nitrogen and oxygen atoms in total. The first-order valence-electron chi connectivity index (χ1n) is 15.7. The predicted molar refractivity (Wildman–Crippen MR) is 170 cm³/mol. The molecule has 1 aliphatic carbocycles. The van der Waals surface area contributed by atoms with Crippen molar-refractivity contribution >= 4 is 29.3 Å². The lowest BCUT2D eigenvalue weighted by Gasteiger charge is -2.24. The van der Waals surface area contributed by atoms with Crippen LogP contribution in [-0.4, -0.2) is 77.3 Å². The molecule has 2 unspecified atom stereocenters. The SMILES string of the molecule is Cc1ccc(N(CCCN2CC3CN(C(=O)c4c(-c5ccccc5)noc4C)CC3C2)C(=O)O)cc1Cl.FC1(F)CCCCC1. The van der Waals surface area contributed by atoms with Crippen LogP contribution in [0.2, 0.25) is 5.02 Å². The van der Waals surface area contributed by atoms with Gasteiger partial charge in [-0.15, -0.1) is 0 Å². The van der Waals surface area contributed by atoms with Gasteiger partial charge in [0.25, 0.3) is 5.91 Å². The van der Waals surface area contributed by atoms with Crippen LogP contribution >= 0.6 is 11.6 Å². The third-order valence-electron chi connectivity index (χ3n) is 9.11. The molecule has 2 aliphatic heterocycles. The van der Waals surface area contributed by atoms with Gasteiger partial charge < -0.3 is 19.4 Å². The fourth-order valence-corrected chi connectivity index (χ4v) is 6.79. The van der Waals surface area contributed by atoms with Crippen molar-refractivity contribution in [1.29, 1.82) is 0 Å². The summed E-state index contributed by atoms with van der Waals surface area (Å²) in [6, 6.07) is 15.0. The van der Waals surface area contributed by atoms with Gasteiger partial charge in [0.2, 0.25) is 5.92 Å². The van der Waals surface area contributed by atoms with Gasteiger partial charge in [-0.1, -0.05) is 59.6 Å². The average molecular weight is 643 g/mol. The summed E-state index contributed by atoms with van der Waals surface area (Å²) in [6.45, 7) is 8.14. The van der Waals surface area contributed by atoms with E-state index in [1.54, 1.807) is 19.1 Å². The van der Waals surface area contributed by atoms with Crippen molar-refractivity contribution in [2.24, 2.45) is 11.8 Å². The number of nitrogens with zero attached hydrogens (tertiary/aromatic N) is 4. The number of rotatable bonds is 7. The molecule has 45 heavy (non-hydrogen) atoms. The Bertz CT molecular complexity index is 1460. The molecule has 11 heteroatoms. The molecule has 1 saturated carbocycles. The van der Waals surface area contributed by atoms with Crippen molar-refractivity contribution in [3.8, 4) is 11.3 Å². The second kappa shape index (κ2) is 14.3. The summed E-state index contributed by atoms with van der Waals surface area (Å²) in [7, 11) is 0. The van der Waals surface area contributed by atoms with E-state index in [4.69, 9.17) is 16.1 Å². The predicted octanol–water partition coefficient (Wildman–Crippen LogP) is 7.78. The van der Waals surface area contributed by atoms with Crippen molar-refractivity contribution in [1.82, 2.24) is 15.0 Å². The van der Waals surface area contributed by atoms with Gasteiger partial charge in [-0.25, -0.2) is 13.6 Å². The Morgan fingerprint density at radius 3 is 2.27 bits per heavy atom.